The summed E-state index contributed by atoms with van der Waals surface area (Å²) in [6.45, 7) is 2.98. The van der Waals surface area contributed by atoms with Gasteiger partial charge >= 0.3 is 12.2 Å². The highest BCUT2D eigenvalue weighted by molar-refractivity contribution is 6.23. The molecule has 0 spiro atoms. The van der Waals surface area contributed by atoms with Gasteiger partial charge < -0.3 is 4.90 Å². The third kappa shape index (κ3) is 1.93. The van der Waals surface area contributed by atoms with Crippen molar-refractivity contribution in [3.63, 3.8) is 0 Å². The minimum Gasteiger partial charge on any atom is -0.313 e. The van der Waals surface area contributed by atoms with Gasteiger partial charge in [-0.1, -0.05) is 12.1 Å². The molecule has 0 saturated carbocycles. The summed E-state index contributed by atoms with van der Waals surface area (Å²) in [7, 11) is 1.39. The molecule has 108 valence electrons. The third-order valence-electron chi connectivity index (χ3n) is 3.49. The predicted molar refractivity (Wildman–Crippen MR) is 66.2 cm³/mol. The Morgan fingerprint density at radius 1 is 1.10 bits per heavy atom. The lowest BCUT2D eigenvalue weighted by atomic mass is 10.0. The van der Waals surface area contributed by atoms with Crippen molar-refractivity contribution < 1.29 is 22.8 Å². The molecule has 4 nitrogen and oxygen atoms in total. The van der Waals surface area contributed by atoms with Gasteiger partial charge in [0, 0.05) is 7.05 Å². The Morgan fingerprint density at radius 3 is 2.10 bits per heavy atom. The van der Waals surface area contributed by atoms with E-state index in [9.17, 15) is 22.8 Å². The summed E-state index contributed by atoms with van der Waals surface area (Å²) in [6.07, 6.45) is -4.64. The number of para-hydroxylation sites is 1. The Labute approximate surface area is 113 Å². The van der Waals surface area contributed by atoms with Gasteiger partial charge in [0.15, 0.2) is 0 Å². The second-order valence-corrected chi connectivity index (χ2v) is 5.06. The van der Waals surface area contributed by atoms with E-state index in [4.69, 9.17) is 0 Å². The van der Waals surface area contributed by atoms with Gasteiger partial charge in [0.2, 0.25) is 0 Å². The zero-order valence-electron chi connectivity index (χ0n) is 11.2. The smallest absolute Gasteiger partial charge is 0.313 e. The van der Waals surface area contributed by atoms with E-state index in [1.165, 1.54) is 33.0 Å². The number of urea groups is 1. The van der Waals surface area contributed by atoms with Gasteiger partial charge in [0.25, 0.3) is 5.91 Å². The number of amides is 3. The lowest BCUT2D eigenvalue weighted by Gasteiger charge is -2.22. The van der Waals surface area contributed by atoms with Gasteiger partial charge in [0.1, 0.15) is 5.54 Å². The molecule has 0 aliphatic carbocycles. The fourth-order valence-corrected chi connectivity index (χ4v) is 2.01. The number of benzene rings is 1. The van der Waals surface area contributed by atoms with Crippen molar-refractivity contribution in [2.24, 2.45) is 0 Å². The lowest BCUT2D eigenvalue weighted by molar-refractivity contribution is -0.137. The number of carbonyl (C=O) groups is 2. The fourth-order valence-electron chi connectivity index (χ4n) is 2.01. The van der Waals surface area contributed by atoms with Crippen LogP contribution in [0.1, 0.15) is 19.4 Å². The van der Waals surface area contributed by atoms with Crippen LogP contribution >= 0.6 is 0 Å². The molecule has 0 bridgehead atoms. The van der Waals surface area contributed by atoms with Crippen molar-refractivity contribution in [3.8, 4) is 0 Å². The van der Waals surface area contributed by atoms with E-state index in [2.05, 4.69) is 0 Å². The standard InChI is InChI=1S/C13H13F3N2O2/c1-12(2)10(19)18(11(20)17(12)3)9-7-5-4-6-8(9)13(14,15)16/h4-7H,1-3H3. The van der Waals surface area contributed by atoms with Crippen LogP contribution in [0.5, 0.6) is 0 Å². The minimum atomic E-state index is -4.64. The largest absolute Gasteiger partial charge is 0.418 e. The number of hydrogen-bond donors (Lipinski definition) is 0. The van der Waals surface area contributed by atoms with Crippen molar-refractivity contribution in [1.82, 2.24) is 4.90 Å². The Balaban J connectivity index is 2.59. The molecule has 1 aliphatic heterocycles. The molecule has 1 heterocycles. The van der Waals surface area contributed by atoms with Crippen molar-refractivity contribution >= 4 is 17.6 Å². The van der Waals surface area contributed by atoms with Crippen molar-refractivity contribution in [3.05, 3.63) is 29.8 Å². The zero-order valence-corrected chi connectivity index (χ0v) is 11.2. The van der Waals surface area contributed by atoms with Crippen molar-refractivity contribution in [2.45, 2.75) is 25.6 Å². The number of alkyl halides is 3. The van der Waals surface area contributed by atoms with E-state index >= 15 is 0 Å². The average molecular weight is 286 g/mol. The van der Waals surface area contributed by atoms with Gasteiger partial charge in [-0.15, -0.1) is 0 Å². The summed E-state index contributed by atoms with van der Waals surface area (Å²) >= 11 is 0. The summed E-state index contributed by atoms with van der Waals surface area (Å²) in [4.78, 5) is 26.0. The maximum atomic E-state index is 13.0. The van der Waals surface area contributed by atoms with E-state index in [1.54, 1.807) is 0 Å². The monoisotopic (exact) mass is 286 g/mol. The number of likely N-dealkylation sites (N-methyl/N-ethyl adjacent to an activating group) is 1. The molecule has 0 atom stereocenters. The van der Waals surface area contributed by atoms with Crippen LogP contribution in [0.4, 0.5) is 23.7 Å². The van der Waals surface area contributed by atoms with E-state index < -0.39 is 34.9 Å². The molecule has 1 fully saturated rings. The van der Waals surface area contributed by atoms with Crippen molar-refractivity contribution in [2.75, 3.05) is 11.9 Å². The molecule has 3 amide bonds. The molecule has 20 heavy (non-hydrogen) atoms. The Kier molecular flexibility index (Phi) is 3.03. The SMILES string of the molecule is CN1C(=O)N(c2ccccc2C(F)(F)F)C(=O)C1(C)C. The molecule has 1 aliphatic rings. The Morgan fingerprint density at radius 2 is 1.65 bits per heavy atom. The topological polar surface area (TPSA) is 40.6 Å². The number of halogens is 3. The van der Waals surface area contributed by atoms with Gasteiger partial charge in [-0.2, -0.15) is 13.2 Å². The molecule has 1 saturated heterocycles. The predicted octanol–water partition coefficient (Wildman–Crippen LogP) is 2.88. The van der Waals surface area contributed by atoms with Crippen LogP contribution in [0.15, 0.2) is 24.3 Å². The number of rotatable bonds is 1. The molecule has 7 heteroatoms. The highest BCUT2D eigenvalue weighted by Crippen LogP contribution is 2.39. The summed E-state index contributed by atoms with van der Waals surface area (Å²) in [6, 6.07) is 3.77. The molecular formula is C13H13F3N2O2. The normalized spacial score (nSPS) is 18.9. The first-order valence-corrected chi connectivity index (χ1v) is 5.87. The van der Waals surface area contributed by atoms with E-state index in [1.807, 2.05) is 0 Å². The summed E-state index contributed by atoms with van der Waals surface area (Å²) in [5.74, 6) is -0.679. The first-order chi connectivity index (χ1) is 9.08. The minimum absolute atomic E-state index is 0.438. The number of nitrogens with zero attached hydrogens (tertiary/aromatic N) is 2. The second kappa shape index (κ2) is 4.22. The summed E-state index contributed by atoms with van der Waals surface area (Å²) in [5.41, 5.74) is -2.62. The summed E-state index contributed by atoms with van der Waals surface area (Å²) in [5, 5.41) is 0. The average Bonchev–Trinajstić information content (AvgIpc) is 2.50. The second-order valence-electron chi connectivity index (χ2n) is 5.06. The lowest BCUT2D eigenvalue weighted by Crippen LogP contribution is -2.41. The Hall–Kier alpha value is -2.05. The number of carbonyl (C=O) groups excluding carboxylic acids is 2. The Bertz CT molecular complexity index is 581. The molecule has 1 aromatic rings. The molecule has 0 N–H and O–H groups in total. The van der Waals surface area contributed by atoms with Crippen LogP contribution < -0.4 is 4.90 Å². The first-order valence-electron chi connectivity index (χ1n) is 5.87. The van der Waals surface area contributed by atoms with E-state index in [0.29, 0.717) is 4.90 Å². The van der Waals surface area contributed by atoms with Crippen LogP contribution in [-0.2, 0) is 11.0 Å². The number of hydrogen-bond acceptors (Lipinski definition) is 2. The first kappa shape index (κ1) is 14.4. The van der Waals surface area contributed by atoms with E-state index in [-0.39, 0.29) is 0 Å². The van der Waals surface area contributed by atoms with Crippen LogP contribution in [-0.4, -0.2) is 29.4 Å². The van der Waals surface area contributed by atoms with Crippen LogP contribution in [0.3, 0.4) is 0 Å². The van der Waals surface area contributed by atoms with Gasteiger partial charge in [-0.05, 0) is 26.0 Å². The summed E-state index contributed by atoms with van der Waals surface area (Å²) < 4.78 is 38.9. The highest BCUT2D eigenvalue weighted by Gasteiger charge is 2.51. The van der Waals surface area contributed by atoms with Gasteiger partial charge in [-0.25, -0.2) is 9.69 Å². The quantitative estimate of drug-likeness (QED) is 0.745. The zero-order chi connectivity index (χ0) is 15.3. The maximum Gasteiger partial charge on any atom is 0.418 e. The van der Waals surface area contributed by atoms with Crippen LogP contribution in [0.25, 0.3) is 0 Å². The van der Waals surface area contributed by atoms with E-state index in [0.717, 1.165) is 17.0 Å². The highest BCUT2D eigenvalue weighted by atomic mass is 19.4. The van der Waals surface area contributed by atoms with Crippen molar-refractivity contribution in [1.29, 1.82) is 0 Å². The maximum absolute atomic E-state index is 13.0. The fraction of sp³-hybridized carbons (Fsp3) is 0.385. The van der Waals surface area contributed by atoms with Crippen LogP contribution in [0, 0.1) is 0 Å². The number of imide groups is 1. The molecule has 2 rings (SSSR count). The molecule has 0 unspecified atom stereocenters. The number of anilines is 1. The van der Waals surface area contributed by atoms with Gasteiger partial charge in [-0.3, -0.25) is 4.79 Å². The van der Waals surface area contributed by atoms with Gasteiger partial charge in [0.05, 0.1) is 11.3 Å². The molecule has 0 radical (unpaired) electrons. The van der Waals surface area contributed by atoms with Crippen LogP contribution in [0.2, 0.25) is 0 Å². The third-order valence-corrected chi connectivity index (χ3v) is 3.49. The molecular weight excluding hydrogens is 273 g/mol. The molecule has 1 aromatic carbocycles. The molecule has 0 aromatic heterocycles.